The molecule has 3 fully saturated rings. The molecule has 0 radical (unpaired) electrons. The zero-order chi connectivity index (χ0) is 37.2. The van der Waals surface area contributed by atoms with E-state index in [-0.39, 0.29) is 37.6 Å². The molecule has 51 heavy (non-hydrogen) atoms. The smallest absolute Gasteiger partial charge is 0.322 e. The van der Waals surface area contributed by atoms with E-state index in [1.165, 1.54) is 9.80 Å². The molecule has 6 N–H and O–H groups in total. The number of primary amides is 1. The summed E-state index contributed by atoms with van der Waals surface area (Å²) in [6.07, 6.45) is 9.04. The number of hydrogen-bond donors (Lipinski definition) is 5. The quantitative estimate of drug-likeness (QED) is 0.138. The molecule has 0 spiro atoms. The topological polar surface area (TPSA) is 232 Å². The van der Waals surface area contributed by atoms with Crippen molar-refractivity contribution < 1.29 is 43.5 Å². The highest BCUT2D eigenvalue weighted by Gasteiger charge is 2.44. The second-order valence-electron chi connectivity index (χ2n) is 13.5. The lowest BCUT2D eigenvalue weighted by Gasteiger charge is -2.32. The van der Waals surface area contributed by atoms with Gasteiger partial charge in [0.05, 0.1) is 0 Å². The second kappa shape index (κ2) is 17.8. The van der Waals surface area contributed by atoms with Gasteiger partial charge in [0, 0.05) is 44.9 Å². The summed E-state index contributed by atoms with van der Waals surface area (Å²) in [5.41, 5.74) is 5.95. The molecule has 0 bridgehead atoms. The lowest BCUT2D eigenvalue weighted by molar-refractivity contribution is -0.146. The summed E-state index contributed by atoms with van der Waals surface area (Å²) in [5.74, 6) is -4.93. The van der Waals surface area contributed by atoms with E-state index in [2.05, 4.69) is 16.0 Å². The molecule has 17 nitrogen and oxygen atoms in total. The van der Waals surface area contributed by atoms with Crippen LogP contribution in [-0.4, -0.2) is 135 Å². The van der Waals surface area contributed by atoms with Crippen LogP contribution in [-0.2, 0) is 38.4 Å². The highest BCUT2D eigenvalue weighted by atomic mass is 16.4. The monoisotopic (exact) mass is 714 g/mol. The van der Waals surface area contributed by atoms with E-state index >= 15 is 0 Å². The van der Waals surface area contributed by atoms with Gasteiger partial charge in [0.25, 0.3) is 5.91 Å². The predicted molar refractivity (Wildman–Crippen MR) is 182 cm³/mol. The first-order valence-electron chi connectivity index (χ1n) is 17.7. The Morgan fingerprint density at radius 1 is 0.843 bits per heavy atom. The summed E-state index contributed by atoms with van der Waals surface area (Å²) in [6, 6.07) is -4.86. The van der Waals surface area contributed by atoms with Gasteiger partial charge >= 0.3 is 5.97 Å². The van der Waals surface area contributed by atoms with E-state index in [9.17, 15) is 38.4 Å². The van der Waals surface area contributed by atoms with E-state index in [0.717, 1.165) is 0 Å². The second-order valence-corrected chi connectivity index (χ2v) is 13.5. The molecule has 3 saturated heterocycles. The highest BCUT2D eigenvalue weighted by Crippen LogP contribution is 2.28. The lowest BCUT2D eigenvalue weighted by atomic mass is 10.1. The van der Waals surface area contributed by atoms with Gasteiger partial charge in [-0.1, -0.05) is 19.4 Å². The van der Waals surface area contributed by atoms with Gasteiger partial charge in [0.1, 0.15) is 36.8 Å². The van der Waals surface area contributed by atoms with Crippen LogP contribution in [0.15, 0.2) is 24.0 Å². The molecule has 0 saturated carbocycles. The van der Waals surface area contributed by atoms with E-state index in [4.69, 9.17) is 10.8 Å². The first kappa shape index (κ1) is 38.8. The van der Waals surface area contributed by atoms with E-state index in [0.29, 0.717) is 70.0 Å². The maximum Gasteiger partial charge on any atom is 0.322 e. The molecule has 5 atom stereocenters. The normalized spacial score (nSPS) is 22.6. The average molecular weight is 715 g/mol. The number of carboxylic acid groups (broad SMARTS) is 1. The van der Waals surface area contributed by atoms with Crippen LogP contribution in [0.3, 0.4) is 0 Å². The number of carboxylic acids is 1. The van der Waals surface area contributed by atoms with Gasteiger partial charge in [-0.15, -0.1) is 0 Å². The number of hydrogen-bond acceptors (Lipinski definition) is 9. The van der Waals surface area contributed by atoms with Crippen LogP contribution in [0.4, 0.5) is 0 Å². The molecule has 4 heterocycles. The standard InChI is InChI=1S/C34H50N8O9/c1-3-8-23(33(50)40-16-5-10-24(40)30(47)36-19-28(44)45)38-29(46)22(13-14-27(35)43)37-31(48)25-11-6-17-41(25)34(51)26-12-7-18-42(26)32(49)21-9-4-15-39(2)20-21/h4,15,20,22-26H,3,5-14,16-19H2,1-2H3,(H2,35,43)(H,36,47)(H,37,48)(H,38,46)(H,44,45)/t22-,23-,24-,25-,26-/m0/s1. The number of likely N-dealkylation sites (tertiary alicyclic amines) is 3. The lowest BCUT2D eigenvalue weighted by Crippen LogP contribution is -2.58. The number of carbonyl (C=O) groups is 8. The zero-order valence-corrected chi connectivity index (χ0v) is 29.3. The molecule has 0 aromatic carbocycles. The summed E-state index contributed by atoms with van der Waals surface area (Å²) in [7, 11) is 1.82. The number of allylic oxidation sites excluding steroid dienone is 1. The third-order valence-electron chi connectivity index (χ3n) is 9.71. The molecule has 4 aliphatic heterocycles. The fourth-order valence-electron chi connectivity index (χ4n) is 7.20. The summed E-state index contributed by atoms with van der Waals surface area (Å²) >= 11 is 0. The third-order valence-corrected chi connectivity index (χ3v) is 9.71. The largest absolute Gasteiger partial charge is 0.480 e. The number of aliphatic carboxylic acids is 1. The Kier molecular flexibility index (Phi) is 13.6. The van der Waals surface area contributed by atoms with Crippen molar-refractivity contribution in [3.05, 3.63) is 24.0 Å². The van der Waals surface area contributed by atoms with Gasteiger partial charge in [-0.2, -0.15) is 0 Å². The Balaban J connectivity index is 1.44. The fourth-order valence-corrected chi connectivity index (χ4v) is 7.20. The molecule has 7 amide bonds. The Morgan fingerprint density at radius 3 is 2.10 bits per heavy atom. The van der Waals surface area contributed by atoms with Gasteiger partial charge < -0.3 is 46.4 Å². The minimum atomic E-state index is -1.27. The molecule has 0 unspecified atom stereocenters. The van der Waals surface area contributed by atoms with Crippen molar-refractivity contribution in [3.8, 4) is 0 Å². The van der Waals surface area contributed by atoms with Crippen LogP contribution in [0.5, 0.6) is 0 Å². The van der Waals surface area contributed by atoms with Gasteiger partial charge in [-0.3, -0.25) is 38.4 Å². The average Bonchev–Trinajstić information content (AvgIpc) is 3.89. The molecule has 17 heteroatoms. The number of nitrogens with two attached hydrogens (primary N) is 1. The van der Waals surface area contributed by atoms with E-state index in [1.54, 1.807) is 16.0 Å². The van der Waals surface area contributed by atoms with Crippen molar-refractivity contribution in [3.63, 3.8) is 0 Å². The number of carbonyl (C=O) groups excluding carboxylic acids is 7. The van der Waals surface area contributed by atoms with Gasteiger partial charge in [-0.05, 0) is 64.0 Å². The first-order chi connectivity index (χ1) is 24.3. The zero-order valence-electron chi connectivity index (χ0n) is 29.3. The number of nitrogens with one attached hydrogen (secondary N) is 3. The summed E-state index contributed by atoms with van der Waals surface area (Å²) in [6.45, 7) is 2.17. The predicted octanol–water partition coefficient (Wildman–Crippen LogP) is -1.07. The van der Waals surface area contributed by atoms with Crippen LogP contribution < -0.4 is 21.7 Å². The summed E-state index contributed by atoms with van der Waals surface area (Å²) in [4.78, 5) is 110. The number of rotatable bonds is 15. The Morgan fingerprint density at radius 2 is 1.47 bits per heavy atom. The van der Waals surface area contributed by atoms with Crippen LogP contribution in [0.2, 0.25) is 0 Å². The molecular formula is C34H50N8O9. The summed E-state index contributed by atoms with van der Waals surface area (Å²) in [5, 5.41) is 16.6. The summed E-state index contributed by atoms with van der Waals surface area (Å²) < 4.78 is 0. The van der Waals surface area contributed by atoms with Crippen molar-refractivity contribution >= 4 is 47.3 Å². The molecule has 0 aromatic rings. The maximum absolute atomic E-state index is 13.9. The highest BCUT2D eigenvalue weighted by molar-refractivity contribution is 5.99. The maximum atomic E-state index is 13.9. The van der Waals surface area contributed by atoms with Crippen LogP contribution in [0.25, 0.3) is 0 Å². The SMILES string of the molecule is CCC[C@H](NC(=O)[C@H](CCC(N)=O)NC(=O)[C@@H]1CCCN1C(=O)[C@@H]1CCCN1C(=O)C1=CN(C)C=CC1)C(=O)N1CCC[C@H]1C(=O)NCC(=O)O. The Labute approximate surface area is 296 Å². The van der Waals surface area contributed by atoms with E-state index < -0.39 is 72.3 Å². The molecule has 0 aliphatic carbocycles. The minimum absolute atomic E-state index is 0.159. The molecule has 0 aromatic heterocycles. The Bertz CT molecular complexity index is 1450. The van der Waals surface area contributed by atoms with Gasteiger partial charge in [0.15, 0.2) is 0 Å². The molecule has 4 aliphatic rings. The number of amides is 7. The van der Waals surface area contributed by atoms with Crippen LogP contribution >= 0.6 is 0 Å². The Hall–Kier alpha value is -4.96. The van der Waals surface area contributed by atoms with Crippen LogP contribution in [0, 0.1) is 0 Å². The fraction of sp³-hybridized carbons (Fsp3) is 0.647. The molecule has 4 rings (SSSR count). The first-order valence-corrected chi connectivity index (χ1v) is 17.7. The number of nitrogens with zero attached hydrogens (tertiary/aromatic N) is 4. The van der Waals surface area contributed by atoms with Crippen molar-refractivity contribution in [1.82, 2.24) is 35.6 Å². The van der Waals surface area contributed by atoms with Gasteiger partial charge in [0.2, 0.25) is 35.4 Å². The molecular weight excluding hydrogens is 664 g/mol. The third kappa shape index (κ3) is 9.85. The van der Waals surface area contributed by atoms with Crippen molar-refractivity contribution in [2.24, 2.45) is 5.73 Å². The molecule has 280 valence electrons. The minimum Gasteiger partial charge on any atom is -0.480 e. The van der Waals surface area contributed by atoms with Crippen molar-refractivity contribution in [1.29, 1.82) is 0 Å². The van der Waals surface area contributed by atoms with Crippen molar-refractivity contribution in [2.45, 2.75) is 108 Å². The van der Waals surface area contributed by atoms with Crippen LogP contribution in [0.1, 0.15) is 77.6 Å². The van der Waals surface area contributed by atoms with E-state index in [1.807, 2.05) is 26.2 Å². The van der Waals surface area contributed by atoms with Crippen molar-refractivity contribution in [2.75, 3.05) is 33.2 Å². The van der Waals surface area contributed by atoms with Gasteiger partial charge in [-0.25, -0.2) is 0 Å².